The Hall–Kier alpha value is -0.222. The van der Waals surface area contributed by atoms with Gasteiger partial charge < -0.3 is 0 Å². The Morgan fingerprint density at radius 3 is 2.65 bits per heavy atom. The molecule has 1 aromatic rings. The number of allylic oxidation sites excluding steroid dienone is 1. The third-order valence-corrected chi connectivity index (χ3v) is 3.23. The summed E-state index contributed by atoms with van der Waals surface area (Å²) in [4.78, 5) is 11.8. The Labute approximate surface area is 126 Å². The van der Waals surface area contributed by atoms with Crippen molar-refractivity contribution in [2.45, 2.75) is 26.4 Å². The van der Waals surface area contributed by atoms with Crippen molar-refractivity contribution < 1.29 is 28.9 Å². The van der Waals surface area contributed by atoms with Crippen LogP contribution in [0.2, 0.25) is 0 Å². The van der Waals surface area contributed by atoms with Crippen LogP contribution in [0.5, 0.6) is 0 Å². The van der Waals surface area contributed by atoms with Crippen molar-refractivity contribution in [1.82, 2.24) is 4.57 Å². The van der Waals surface area contributed by atoms with E-state index in [9.17, 15) is 4.79 Å². The predicted molar refractivity (Wildman–Crippen MR) is 73.9 cm³/mol. The van der Waals surface area contributed by atoms with Crippen molar-refractivity contribution in [2.75, 3.05) is 0 Å². The number of hydrogen-bond acceptors (Lipinski definition) is 2. The Balaban J connectivity index is 2.90. The number of nitrogens with zero attached hydrogens (tertiary/aromatic N) is 1. The van der Waals surface area contributed by atoms with Crippen molar-refractivity contribution in [3.8, 4) is 0 Å². The average Bonchev–Trinajstić information content (AvgIpc) is 2.54. The molecule has 0 aromatic carbocycles. The van der Waals surface area contributed by atoms with Crippen LogP contribution in [-0.4, -0.2) is 20.7 Å². The summed E-state index contributed by atoms with van der Waals surface area (Å²) in [5.41, 5.74) is 0.553. The van der Waals surface area contributed by atoms with Gasteiger partial charge in [0.05, 0.1) is 0 Å². The normalized spacial score (nSPS) is 11.8. The molecule has 3 nitrogen and oxygen atoms in total. The third-order valence-electron chi connectivity index (χ3n) is 1.77. The second kappa shape index (κ2) is 6.09. The van der Waals surface area contributed by atoms with E-state index in [2.05, 4.69) is 22.6 Å². The van der Waals surface area contributed by atoms with Crippen LogP contribution < -0.4 is 0 Å². The summed E-state index contributed by atoms with van der Waals surface area (Å²) in [7, 11) is 0. The molecule has 0 amide bonds. The van der Waals surface area contributed by atoms with Gasteiger partial charge in [-0.1, -0.05) is 0 Å². The number of halogens is 1. The number of carbonyl (C=O) groups excluding carboxylic acids is 1. The Morgan fingerprint density at radius 1 is 1.47 bits per heavy atom. The van der Waals surface area contributed by atoms with E-state index in [0.717, 1.165) is 9.13 Å². The van der Waals surface area contributed by atoms with Crippen LogP contribution in [-0.2, 0) is 24.1 Å². The van der Waals surface area contributed by atoms with E-state index in [4.69, 9.17) is 4.74 Å². The molecule has 92 valence electrons. The molecule has 0 aliphatic heterocycles. The van der Waals surface area contributed by atoms with E-state index in [0.29, 0.717) is 0 Å². The van der Waals surface area contributed by atoms with Crippen LogP contribution in [0.3, 0.4) is 0 Å². The van der Waals surface area contributed by atoms with Crippen molar-refractivity contribution in [1.29, 1.82) is 0 Å². The zero-order valence-corrected chi connectivity index (χ0v) is 15.0. The zero-order valence-electron chi connectivity index (χ0n) is 9.94. The van der Waals surface area contributed by atoms with Crippen molar-refractivity contribution in [3.63, 3.8) is 0 Å². The van der Waals surface area contributed by atoms with E-state index in [-0.39, 0.29) is 6.09 Å². The fraction of sp³-hybridized carbons (Fsp3) is 0.333. The first kappa shape index (κ1) is 14.8. The van der Waals surface area contributed by atoms with Gasteiger partial charge in [0.2, 0.25) is 0 Å². The van der Waals surface area contributed by atoms with Crippen LogP contribution in [0.4, 0.5) is 4.79 Å². The van der Waals surface area contributed by atoms with Gasteiger partial charge in [-0.2, -0.15) is 0 Å². The second-order valence-corrected chi connectivity index (χ2v) is 6.58. The van der Waals surface area contributed by atoms with Gasteiger partial charge in [-0.15, -0.1) is 0 Å². The third kappa shape index (κ3) is 4.88. The number of ether oxygens (including phenoxy) is 1. The maximum absolute atomic E-state index is 11.8. The molecule has 1 heterocycles. The summed E-state index contributed by atoms with van der Waals surface area (Å²) in [6.45, 7) is 5.57. The minimum absolute atomic E-state index is 0.346. The maximum atomic E-state index is 11.8. The molecule has 5 heteroatoms. The van der Waals surface area contributed by atoms with E-state index < -0.39 is 5.60 Å². The first-order valence-electron chi connectivity index (χ1n) is 5.06. The summed E-state index contributed by atoms with van der Waals surface area (Å²) in [5.74, 6) is 0. The molecule has 0 fully saturated rings. The Kier molecular flexibility index (Phi) is 5.32. The Morgan fingerprint density at radius 2 is 2.12 bits per heavy atom. The number of hydrogen-bond donors (Lipinski definition) is 0. The van der Waals surface area contributed by atoms with Crippen LogP contribution in [0.1, 0.15) is 26.3 Å². The molecule has 1 aromatic heterocycles. The molecule has 1 rings (SSSR count). The summed E-state index contributed by atoms with van der Waals surface area (Å²) in [5, 5.41) is 0. The summed E-state index contributed by atoms with van der Waals surface area (Å²) in [6.07, 6.45) is 7.17. The second-order valence-electron chi connectivity index (χ2n) is 4.44. The molecular weight excluding hydrogens is 501 g/mol. The molecule has 0 spiro atoms. The molecular formula is C12H14INO2W. The molecule has 0 bridgehead atoms. The molecule has 0 atom stereocenters. The molecule has 0 radical (unpaired) electrons. The predicted octanol–water partition coefficient (Wildman–Crippen LogP) is 3.24. The number of carbonyl (C=O) groups is 1. The van der Waals surface area contributed by atoms with Crippen LogP contribution in [0.25, 0.3) is 6.08 Å². The van der Waals surface area contributed by atoms with Gasteiger partial charge in [-0.05, 0) is 0 Å². The van der Waals surface area contributed by atoms with Gasteiger partial charge in [-0.3, -0.25) is 0 Å². The van der Waals surface area contributed by atoms with Crippen molar-refractivity contribution in [3.05, 3.63) is 27.6 Å². The number of aromatic nitrogens is 1. The molecule has 17 heavy (non-hydrogen) atoms. The fourth-order valence-electron chi connectivity index (χ4n) is 1.13. The summed E-state index contributed by atoms with van der Waals surface area (Å²) in [6, 6.07) is 0. The van der Waals surface area contributed by atoms with Crippen LogP contribution in [0.15, 0.2) is 18.5 Å². The van der Waals surface area contributed by atoms with Gasteiger partial charge in [0, 0.05) is 0 Å². The zero-order chi connectivity index (χ0) is 13.1. The monoisotopic (exact) mass is 515 g/mol. The minimum atomic E-state index is -0.469. The molecule has 0 N–H and O–H groups in total. The topological polar surface area (TPSA) is 31.2 Å². The number of rotatable bonds is 2. The van der Waals surface area contributed by atoms with Crippen molar-refractivity contribution >= 4 is 39.2 Å². The van der Waals surface area contributed by atoms with Crippen molar-refractivity contribution in [2.24, 2.45) is 0 Å². The van der Waals surface area contributed by atoms with E-state index in [1.807, 2.05) is 37.3 Å². The van der Waals surface area contributed by atoms with E-state index in [1.54, 1.807) is 12.4 Å². The van der Waals surface area contributed by atoms with Crippen LogP contribution >= 0.6 is 22.6 Å². The first-order chi connectivity index (χ1) is 7.83. The molecule has 0 unspecified atom stereocenters. The average molecular weight is 515 g/mol. The van der Waals surface area contributed by atoms with Gasteiger partial charge in [-0.25, -0.2) is 0 Å². The SMILES string of the molecule is CC(C)(C)OC(=O)n1cc(I)c(C=C[CH]=[W])c1. The summed E-state index contributed by atoms with van der Waals surface area (Å²) >= 11 is 3.61. The molecule has 0 aliphatic rings. The standard InChI is InChI=1S/C12H14INO2.W/c1-5-6-9-7-14(8-10(9)13)11(15)16-12(2,3)4;/h1,5-8H,2-4H3;. The van der Waals surface area contributed by atoms with Crippen LogP contribution in [0, 0.1) is 3.57 Å². The summed E-state index contributed by atoms with van der Waals surface area (Å²) < 4.78 is 9.83. The van der Waals surface area contributed by atoms with Gasteiger partial charge in [0.25, 0.3) is 0 Å². The first-order valence-corrected chi connectivity index (χ1v) is 7.83. The molecule has 0 saturated heterocycles. The van der Waals surface area contributed by atoms with Gasteiger partial charge in [0.15, 0.2) is 0 Å². The van der Waals surface area contributed by atoms with Gasteiger partial charge in [0.1, 0.15) is 0 Å². The van der Waals surface area contributed by atoms with Gasteiger partial charge >= 0.3 is 127 Å². The van der Waals surface area contributed by atoms with E-state index in [1.165, 1.54) is 23.9 Å². The fourth-order valence-corrected chi connectivity index (χ4v) is 2.03. The van der Waals surface area contributed by atoms with E-state index >= 15 is 0 Å². The molecule has 0 aliphatic carbocycles. The quantitative estimate of drug-likeness (QED) is 0.568. The molecule has 0 saturated carbocycles. The Bertz CT molecular complexity index is 458.